The first-order valence-corrected chi connectivity index (χ1v) is 6.43. The molecule has 0 saturated carbocycles. The van der Waals surface area contributed by atoms with Gasteiger partial charge in [0.05, 0.1) is 10.7 Å². The molecular weight excluding hydrogens is 304 g/mol. The highest BCUT2D eigenvalue weighted by atomic mass is 35.5. The molecule has 0 saturated heterocycles. The van der Waals surface area contributed by atoms with Crippen LogP contribution >= 0.6 is 23.2 Å². The number of amides is 1. The predicted octanol–water partition coefficient (Wildman–Crippen LogP) is 4.15. The molecule has 1 N–H and O–H groups in total. The van der Waals surface area contributed by atoms with Crippen molar-refractivity contribution in [1.82, 2.24) is 0 Å². The van der Waals surface area contributed by atoms with E-state index in [1.807, 2.05) is 0 Å². The van der Waals surface area contributed by atoms with Crippen LogP contribution in [-0.2, 0) is 4.79 Å². The lowest BCUT2D eigenvalue weighted by Crippen LogP contribution is -2.20. The summed E-state index contributed by atoms with van der Waals surface area (Å²) in [6.45, 7) is -0.258. The highest BCUT2D eigenvalue weighted by Crippen LogP contribution is 2.25. The van der Waals surface area contributed by atoms with Gasteiger partial charge in [-0.2, -0.15) is 0 Å². The summed E-state index contributed by atoms with van der Waals surface area (Å²) in [6.07, 6.45) is 0. The predicted molar refractivity (Wildman–Crippen MR) is 77.0 cm³/mol. The van der Waals surface area contributed by atoms with Crippen molar-refractivity contribution in [1.29, 1.82) is 0 Å². The molecule has 0 unspecified atom stereocenters. The standard InChI is InChI=1S/C14H10Cl2FNO2/c15-9-4-5-12(16)13(6-9)18-14(19)8-20-11-3-1-2-10(17)7-11/h1-7H,8H2,(H,18,19). The molecule has 0 aliphatic heterocycles. The topological polar surface area (TPSA) is 38.3 Å². The molecule has 104 valence electrons. The number of hydrogen-bond acceptors (Lipinski definition) is 2. The summed E-state index contributed by atoms with van der Waals surface area (Å²) in [4.78, 5) is 11.7. The van der Waals surface area contributed by atoms with Gasteiger partial charge in [0, 0.05) is 11.1 Å². The summed E-state index contributed by atoms with van der Waals surface area (Å²) in [7, 11) is 0. The Bertz CT molecular complexity index is 634. The summed E-state index contributed by atoms with van der Waals surface area (Å²) in [5.74, 6) is -0.573. The number of carbonyl (C=O) groups is 1. The van der Waals surface area contributed by atoms with Gasteiger partial charge in [-0.1, -0.05) is 29.3 Å². The zero-order valence-electron chi connectivity index (χ0n) is 10.2. The van der Waals surface area contributed by atoms with Gasteiger partial charge in [-0.15, -0.1) is 0 Å². The van der Waals surface area contributed by atoms with Gasteiger partial charge in [0.1, 0.15) is 11.6 Å². The van der Waals surface area contributed by atoms with Crippen molar-refractivity contribution in [2.45, 2.75) is 0 Å². The van der Waals surface area contributed by atoms with E-state index < -0.39 is 11.7 Å². The lowest BCUT2D eigenvalue weighted by molar-refractivity contribution is -0.118. The molecule has 0 heterocycles. The molecular formula is C14H10Cl2FNO2. The second-order valence-corrected chi connectivity index (χ2v) is 4.76. The third kappa shape index (κ3) is 4.11. The van der Waals surface area contributed by atoms with Crippen molar-refractivity contribution in [2.24, 2.45) is 0 Å². The van der Waals surface area contributed by atoms with E-state index in [0.29, 0.717) is 15.7 Å². The number of rotatable bonds is 4. The summed E-state index contributed by atoms with van der Waals surface area (Å²) in [5.41, 5.74) is 0.395. The zero-order valence-corrected chi connectivity index (χ0v) is 11.7. The van der Waals surface area contributed by atoms with Gasteiger partial charge in [0.2, 0.25) is 0 Å². The Labute approximate surface area is 125 Å². The van der Waals surface area contributed by atoms with Crippen LogP contribution in [-0.4, -0.2) is 12.5 Å². The number of hydrogen-bond donors (Lipinski definition) is 1. The maximum absolute atomic E-state index is 12.9. The van der Waals surface area contributed by atoms with Gasteiger partial charge >= 0.3 is 0 Å². The van der Waals surface area contributed by atoms with E-state index in [1.165, 1.54) is 24.3 Å². The summed E-state index contributed by atoms with van der Waals surface area (Å²) < 4.78 is 18.1. The number of carbonyl (C=O) groups excluding carboxylic acids is 1. The molecule has 0 aliphatic carbocycles. The second kappa shape index (κ2) is 6.59. The lowest BCUT2D eigenvalue weighted by atomic mass is 10.3. The average Bonchev–Trinajstić information content (AvgIpc) is 2.41. The van der Waals surface area contributed by atoms with Crippen molar-refractivity contribution in [3.8, 4) is 5.75 Å². The molecule has 0 aliphatic rings. The molecule has 0 radical (unpaired) electrons. The van der Waals surface area contributed by atoms with Crippen LogP contribution in [0.3, 0.4) is 0 Å². The van der Waals surface area contributed by atoms with Crippen LogP contribution in [0.2, 0.25) is 10.0 Å². The van der Waals surface area contributed by atoms with E-state index in [1.54, 1.807) is 18.2 Å². The number of anilines is 1. The monoisotopic (exact) mass is 313 g/mol. The first-order chi connectivity index (χ1) is 9.54. The fraction of sp³-hybridized carbons (Fsp3) is 0.0714. The minimum absolute atomic E-state index is 0.258. The molecule has 0 spiro atoms. The Morgan fingerprint density at radius 3 is 2.75 bits per heavy atom. The maximum Gasteiger partial charge on any atom is 0.262 e. The molecule has 0 bridgehead atoms. The van der Waals surface area contributed by atoms with Crippen molar-refractivity contribution in [3.63, 3.8) is 0 Å². The van der Waals surface area contributed by atoms with Crippen molar-refractivity contribution < 1.29 is 13.9 Å². The molecule has 2 aromatic rings. The van der Waals surface area contributed by atoms with Gasteiger partial charge in [-0.05, 0) is 30.3 Å². The molecule has 6 heteroatoms. The maximum atomic E-state index is 12.9. The van der Waals surface area contributed by atoms with E-state index in [-0.39, 0.29) is 12.4 Å². The van der Waals surface area contributed by atoms with Crippen LogP contribution in [0.1, 0.15) is 0 Å². The van der Waals surface area contributed by atoms with E-state index in [9.17, 15) is 9.18 Å². The Morgan fingerprint density at radius 2 is 2.00 bits per heavy atom. The highest BCUT2D eigenvalue weighted by molar-refractivity contribution is 6.35. The highest BCUT2D eigenvalue weighted by Gasteiger charge is 2.07. The Balaban J connectivity index is 1.94. The normalized spacial score (nSPS) is 10.2. The number of halogens is 3. The van der Waals surface area contributed by atoms with Crippen LogP contribution in [0.4, 0.5) is 10.1 Å². The minimum atomic E-state index is -0.430. The second-order valence-electron chi connectivity index (χ2n) is 3.92. The zero-order chi connectivity index (χ0) is 14.5. The Hall–Kier alpha value is -1.78. The van der Waals surface area contributed by atoms with Gasteiger partial charge < -0.3 is 10.1 Å². The number of ether oxygens (including phenoxy) is 1. The molecule has 0 aromatic heterocycles. The first kappa shape index (κ1) is 14.6. The number of nitrogens with one attached hydrogen (secondary N) is 1. The molecule has 20 heavy (non-hydrogen) atoms. The third-order valence-corrected chi connectivity index (χ3v) is 2.93. The SMILES string of the molecule is O=C(COc1cccc(F)c1)Nc1cc(Cl)ccc1Cl. The number of benzene rings is 2. The lowest BCUT2D eigenvalue weighted by Gasteiger charge is -2.09. The Kier molecular flexibility index (Phi) is 4.82. The molecule has 2 aromatic carbocycles. The van der Waals surface area contributed by atoms with Gasteiger partial charge in [0.25, 0.3) is 5.91 Å². The fourth-order valence-electron chi connectivity index (χ4n) is 1.49. The van der Waals surface area contributed by atoms with Gasteiger partial charge in [-0.3, -0.25) is 4.79 Å². The largest absolute Gasteiger partial charge is 0.484 e. The molecule has 3 nitrogen and oxygen atoms in total. The molecule has 2 rings (SSSR count). The molecule has 1 amide bonds. The van der Waals surface area contributed by atoms with Crippen LogP contribution in [0.15, 0.2) is 42.5 Å². The Morgan fingerprint density at radius 1 is 1.20 bits per heavy atom. The van der Waals surface area contributed by atoms with Crippen LogP contribution in [0.25, 0.3) is 0 Å². The van der Waals surface area contributed by atoms with E-state index in [2.05, 4.69) is 5.32 Å². The van der Waals surface area contributed by atoms with Crippen molar-refractivity contribution in [2.75, 3.05) is 11.9 Å². The van der Waals surface area contributed by atoms with Gasteiger partial charge in [0.15, 0.2) is 6.61 Å². The average molecular weight is 314 g/mol. The fourth-order valence-corrected chi connectivity index (χ4v) is 1.82. The molecule has 0 atom stereocenters. The van der Waals surface area contributed by atoms with Crippen molar-refractivity contribution in [3.05, 3.63) is 58.3 Å². The van der Waals surface area contributed by atoms with Crippen LogP contribution < -0.4 is 10.1 Å². The smallest absolute Gasteiger partial charge is 0.262 e. The van der Waals surface area contributed by atoms with Crippen LogP contribution in [0.5, 0.6) is 5.75 Å². The summed E-state index contributed by atoms with van der Waals surface area (Å²) in [5, 5.41) is 3.39. The summed E-state index contributed by atoms with van der Waals surface area (Å²) in [6, 6.07) is 10.3. The first-order valence-electron chi connectivity index (χ1n) is 5.68. The quantitative estimate of drug-likeness (QED) is 0.920. The van der Waals surface area contributed by atoms with E-state index in [0.717, 1.165) is 0 Å². The van der Waals surface area contributed by atoms with E-state index >= 15 is 0 Å². The third-order valence-electron chi connectivity index (χ3n) is 2.37. The summed E-state index contributed by atoms with van der Waals surface area (Å²) >= 11 is 11.7. The van der Waals surface area contributed by atoms with E-state index in [4.69, 9.17) is 27.9 Å². The molecule has 0 fully saturated rings. The minimum Gasteiger partial charge on any atom is -0.484 e. The van der Waals surface area contributed by atoms with Crippen LogP contribution in [0, 0.1) is 5.82 Å². The van der Waals surface area contributed by atoms with Crippen molar-refractivity contribution >= 4 is 34.8 Å². The van der Waals surface area contributed by atoms with Gasteiger partial charge in [-0.25, -0.2) is 4.39 Å².